The van der Waals surface area contributed by atoms with E-state index in [1.807, 2.05) is 44.2 Å². The van der Waals surface area contributed by atoms with Gasteiger partial charge >= 0.3 is 6.03 Å². The van der Waals surface area contributed by atoms with Crippen LogP contribution in [0.25, 0.3) is 11.0 Å². The average molecular weight is 413 g/mol. The largest absolute Gasteiger partial charge is 0.328 e. The number of anilines is 2. The van der Waals surface area contributed by atoms with Gasteiger partial charge in [-0.15, -0.1) is 0 Å². The maximum atomic E-state index is 12.3. The van der Waals surface area contributed by atoms with E-state index in [2.05, 4.69) is 58.5 Å². The van der Waals surface area contributed by atoms with Crippen LogP contribution in [0.15, 0.2) is 66.7 Å². The molecule has 4 rings (SSSR count). The van der Waals surface area contributed by atoms with Crippen LogP contribution in [0.5, 0.6) is 0 Å². The molecule has 1 heterocycles. The summed E-state index contributed by atoms with van der Waals surface area (Å²) in [5.74, 6) is 1.11. The topological polar surface area (TPSA) is 59.0 Å². The van der Waals surface area contributed by atoms with Crippen molar-refractivity contribution >= 4 is 28.4 Å². The number of nitrogens with zero attached hydrogens (tertiary/aromatic N) is 2. The van der Waals surface area contributed by atoms with Crippen molar-refractivity contribution in [1.82, 2.24) is 9.55 Å². The summed E-state index contributed by atoms with van der Waals surface area (Å²) in [6, 6.07) is 22.0. The first-order valence-electron chi connectivity index (χ1n) is 10.7. The fourth-order valence-electron chi connectivity index (χ4n) is 3.92. The van der Waals surface area contributed by atoms with Crippen LogP contribution in [0.4, 0.5) is 16.2 Å². The van der Waals surface area contributed by atoms with Crippen LogP contribution in [-0.4, -0.2) is 15.6 Å². The molecule has 31 heavy (non-hydrogen) atoms. The summed E-state index contributed by atoms with van der Waals surface area (Å²) in [5.41, 5.74) is 7.26. The minimum atomic E-state index is -0.239. The van der Waals surface area contributed by atoms with Gasteiger partial charge in [-0.05, 0) is 68.7 Å². The summed E-state index contributed by atoms with van der Waals surface area (Å²) in [5, 5.41) is 5.81. The van der Waals surface area contributed by atoms with Gasteiger partial charge in [0.1, 0.15) is 5.82 Å². The smallest absolute Gasteiger partial charge is 0.323 e. The zero-order valence-corrected chi connectivity index (χ0v) is 18.3. The van der Waals surface area contributed by atoms with E-state index in [1.165, 1.54) is 16.6 Å². The summed E-state index contributed by atoms with van der Waals surface area (Å²) in [4.78, 5) is 17.1. The molecule has 0 spiro atoms. The molecule has 5 nitrogen and oxygen atoms in total. The number of urea groups is 1. The Morgan fingerprint density at radius 1 is 0.935 bits per heavy atom. The Morgan fingerprint density at radius 3 is 2.45 bits per heavy atom. The van der Waals surface area contributed by atoms with Crippen molar-refractivity contribution in [2.45, 2.75) is 40.2 Å². The second-order valence-corrected chi connectivity index (χ2v) is 7.86. The van der Waals surface area contributed by atoms with E-state index >= 15 is 0 Å². The van der Waals surface area contributed by atoms with Gasteiger partial charge in [0.25, 0.3) is 0 Å². The van der Waals surface area contributed by atoms with Crippen molar-refractivity contribution in [2.24, 2.45) is 0 Å². The molecular formula is C26H28N4O. The summed E-state index contributed by atoms with van der Waals surface area (Å²) in [6.07, 6.45) is 1.78. The fourth-order valence-corrected chi connectivity index (χ4v) is 3.92. The fraction of sp³-hybridized carbons (Fsp3) is 0.231. The molecule has 0 saturated carbocycles. The molecule has 0 aliphatic rings. The van der Waals surface area contributed by atoms with Gasteiger partial charge in [0.05, 0.1) is 11.0 Å². The Labute approximate surface area is 183 Å². The van der Waals surface area contributed by atoms with Gasteiger partial charge in [0.15, 0.2) is 0 Å². The summed E-state index contributed by atoms with van der Waals surface area (Å²) < 4.78 is 2.28. The molecule has 0 atom stereocenters. The van der Waals surface area contributed by atoms with Crippen molar-refractivity contribution in [1.29, 1.82) is 0 Å². The Bertz CT molecular complexity index is 1210. The number of aryl methyl sites for hydroxylation is 5. The highest BCUT2D eigenvalue weighted by molar-refractivity contribution is 6.00. The Balaban J connectivity index is 1.37. The van der Waals surface area contributed by atoms with Crippen LogP contribution in [0, 0.1) is 13.8 Å². The minimum absolute atomic E-state index is 0.239. The molecule has 0 radical (unpaired) electrons. The zero-order chi connectivity index (χ0) is 21.8. The lowest BCUT2D eigenvalue weighted by Gasteiger charge is -2.11. The Kier molecular flexibility index (Phi) is 6.03. The second-order valence-electron chi connectivity index (χ2n) is 7.86. The van der Waals surface area contributed by atoms with Gasteiger partial charge in [-0.1, -0.05) is 42.0 Å². The lowest BCUT2D eigenvalue weighted by molar-refractivity contribution is 0.262. The molecule has 0 saturated heterocycles. The van der Waals surface area contributed by atoms with Gasteiger partial charge in [-0.2, -0.15) is 0 Å². The number of hydrogen-bond acceptors (Lipinski definition) is 2. The summed E-state index contributed by atoms with van der Waals surface area (Å²) in [7, 11) is 0. The highest BCUT2D eigenvalue weighted by atomic mass is 16.2. The second kappa shape index (κ2) is 9.04. The number of para-hydroxylation sites is 2. The molecule has 5 heteroatoms. The van der Waals surface area contributed by atoms with Gasteiger partial charge in [-0.25, -0.2) is 9.78 Å². The van der Waals surface area contributed by atoms with Crippen molar-refractivity contribution in [3.8, 4) is 0 Å². The molecule has 0 aliphatic carbocycles. The number of benzene rings is 3. The molecule has 2 amide bonds. The van der Waals surface area contributed by atoms with Gasteiger partial charge in [0.2, 0.25) is 0 Å². The van der Waals surface area contributed by atoms with Crippen LogP contribution >= 0.6 is 0 Å². The molecule has 0 bridgehead atoms. The highest BCUT2D eigenvalue weighted by Crippen LogP contribution is 2.19. The van der Waals surface area contributed by atoms with Crippen LogP contribution in [-0.2, 0) is 19.4 Å². The summed E-state index contributed by atoms with van der Waals surface area (Å²) >= 11 is 0. The van der Waals surface area contributed by atoms with E-state index in [9.17, 15) is 4.79 Å². The first-order chi connectivity index (χ1) is 15.0. The molecule has 158 valence electrons. The van der Waals surface area contributed by atoms with E-state index in [0.29, 0.717) is 0 Å². The highest BCUT2D eigenvalue weighted by Gasteiger charge is 2.09. The molecular weight excluding hydrogens is 384 g/mol. The number of imidazole rings is 1. The van der Waals surface area contributed by atoms with Crippen molar-refractivity contribution in [2.75, 3.05) is 10.6 Å². The number of hydrogen-bond donors (Lipinski definition) is 2. The maximum absolute atomic E-state index is 12.3. The number of carbonyl (C=O) groups excluding carboxylic acids is 1. The van der Waals surface area contributed by atoms with Gasteiger partial charge in [0, 0.05) is 24.3 Å². The van der Waals surface area contributed by atoms with E-state index < -0.39 is 0 Å². The van der Waals surface area contributed by atoms with Gasteiger partial charge in [-0.3, -0.25) is 0 Å². The number of nitrogens with one attached hydrogen (secondary N) is 2. The van der Waals surface area contributed by atoms with Crippen LogP contribution in [0.3, 0.4) is 0 Å². The first-order valence-corrected chi connectivity index (χ1v) is 10.7. The molecule has 0 unspecified atom stereocenters. The van der Waals surface area contributed by atoms with Crippen molar-refractivity contribution < 1.29 is 4.79 Å². The molecule has 4 aromatic rings. The van der Waals surface area contributed by atoms with Crippen LogP contribution < -0.4 is 10.6 Å². The predicted octanol–water partition coefficient (Wildman–Crippen LogP) is 6.10. The molecule has 3 aromatic carbocycles. The van der Waals surface area contributed by atoms with E-state index in [0.717, 1.165) is 47.7 Å². The van der Waals surface area contributed by atoms with Crippen molar-refractivity contribution in [3.05, 3.63) is 89.2 Å². The Morgan fingerprint density at radius 2 is 1.71 bits per heavy atom. The van der Waals surface area contributed by atoms with E-state index in [1.54, 1.807) is 0 Å². The Hall–Kier alpha value is -3.60. The average Bonchev–Trinajstić information content (AvgIpc) is 3.13. The molecule has 0 aliphatic heterocycles. The monoisotopic (exact) mass is 412 g/mol. The number of amides is 2. The van der Waals surface area contributed by atoms with Gasteiger partial charge < -0.3 is 15.2 Å². The third kappa shape index (κ3) is 4.77. The normalized spacial score (nSPS) is 10.9. The molecule has 2 N–H and O–H groups in total. The first kappa shape index (κ1) is 20.7. The van der Waals surface area contributed by atoms with Crippen LogP contribution in [0.1, 0.15) is 29.4 Å². The quantitative estimate of drug-likeness (QED) is 0.402. The molecule has 0 fully saturated rings. The van der Waals surface area contributed by atoms with E-state index in [4.69, 9.17) is 4.98 Å². The lowest BCUT2D eigenvalue weighted by Crippen LogP contribution is -2.20. The standard InChI is InChI=1S/C26H28N4O/c1-4-30-24-8-6-5-7-23(24)28-25(30)16-12-20-10-13-21(14-11-20)27-26(31)29-22-15-9-18(2)17-19(22)3/h5-11,13-15,17H,4,12,16H2,1-3H3,(H2,27,29,31). The molecule has 1 aromatic heterocycles. The predicted molar refractivity (Wildman–Crippen MR) is 128 cm³/mol. The maximum Gasteiger partial charge on any atom is 0.323 e. The number of aromatic nitrogens is 2. The zero-order valence-electron chi connectivity index (χ0n) is 18.3. The van der Waals surface area contributed by atoms with Crippen LogP contribution in [0.2, 0.25) is 0 Å². The van der Waals surface area contributed by atoms with E-state index in [-0.39, 0.29) is 6.03 Å². The number of rotatable bonds is 6. The van der Waals surface area contributed by atoms with Crippen molar-refractivity contribution in [3.63, 3.8) is 0 Å². The third-order valence-corrected chi connectivity index (χ3v) is 5.53. The minimum Gasteiger partial charge on any atom is -0.328 e. The summed E-state index contributed by atoms with van der Waals surface area (Å²) in [6.45, 7) is 7.09. The lowest BCUT2D eigenvalue weighted by atomic mass is 10.1. The number of carbonyl (C=O) groups is 1. The number of fused-ring (bicyclic) bond motifs is 1. The third-order valence-electron chi connectivity index (χ3n) is 5.53. The SMILES string of the molecule is CCn1c(CCc2ccc(NC(=O)Nc3ccc(C)cc3C)cc2)nc2ccccc21.